The minimum absolute atomic E-state index is 0.301. The van der Waals surface area contributed by atoms with Gasteiger partial charge in [0, 0.05) is 4.47 Å². The van der Waals surface area contributed by atoms with E-state index < -0.39 is 11.4 Å². The van der Waals surface area contributed by atoms with Gasteiger partial charge in [-0.1, -0.05) is 4.40 Å². The Labute approximate surface area is 106 Å². The molecule has 0 saturated carbocycles. The summed E-state index contributed by atoms with van der Waals surface area (Å²) in [6.07, 6.45) is 0. The summed E-state index contributed by atoms with van der Waals surface area (Å²) >= 11 is 3.85. The quantitative estimate of drug-likeness (QED) is 0.605. The van der Waals surface area contributed by atoms with Crippen molar-refractivity contribution in [3.63, 3.8) is 0 Å². The van der Waals surface area contributed by atoms with Crippen molar-refractivity contribution in [2.45, 2.75) is 32.4 Å². The first-order valence-electron chi connectivity index (χ1n) is 4.53. The van der Waals surface area contributed by atoms with Crippen LogP contribution >= 0.6 is 27.3 Å². The third-order valence-corrected chi connectivity index (χ3v) is 5.12. The summed E-state index contributed by atoms with van der Waals surface area (Å²) in [5, 5.41) is 1.98. The first-order valence-corrected chi connectivity index (χ1v) is 7.31. The second-order valence-electron chi connectivity index (χ2n) is 4.14. The lowest BCUT2D eigenvalue weighted by Gasteiger charge is -2.18. The molecule has 0 aliphatic rings. The summed E-state index contributed by atoms with van der Waals surface area (Å²) in [5.74, 6) is 0. The van der Waals surface area contributed by atoms with Crippen LogP contribution in [0, 0.1) is 0 Å². The van der Waals surface area contributed by atoms with Crippen molar-refractivity contribution in [2.24, 2.45) is 4.40 Å². The summed E-state index contributed by atoms with van der Waals surface area (Å²) in [6, 6.07) is 1.97. The molecule has 0 radical (unpaired) electrons. The van der Waals surface area contributed by atoms with E-state index in [9.17, 15) is 4.55 Å². The fourth-order valence-corrected chi connectivity index (χ4v) is 3.14. The molecule has 1 aromatic heterocycles. The molecule has 0 bridgehead atoms. The predicted molar refractivity (Wildman–Crippen MR) is 72.1 cm³/mol. The molecule has 0 saturated heterocycles. The zero-order chi connectivity index (χ0) is 11.6. The second-order valence-corrected chi connectivity index (χ2v) is 7.81. The third-order valence-electron chi connectivity index (χ3n) is 1.69. The molecule has 0 fully saturated rings. The van der Waals surface area contributed by atoms with E-state index >= 15 is 0 Å². The molecule has 0 amide bonds. The zero-order valence-corrected chi connectivity index (χ0v) is 12.4. The lowest BCUT2D eigenvalue weighted by atomic mass is 10.3. The number of nitrogens with zero attached hydrogens (tertiary/aromatic N) is 1. The van der Waals surface area contributed by atoms with Gasteiger partial charge >= 0.3 is 0 Å². The van der Waals surface area contributed by atoms with Crippen LogP contribution in [-0.2, 0) is 11.4 Å². The largest absolute Gasteiger partial charge is 0.591 e. The maximum atomic E-state index is 11.8. The van der Waals surface area contributed by atoms with Gasteiger partial charge < -0.3 is 4.55 Å². The highest BCUT2D eigenvalue weighted by Gasteiger charge is 2.27. The molecule has 0 aliphatic carbocycles. The van der Waals surface area contributed by atoms with E-state index in [-0.39, 0.29) is 4.75 Å². The zero-order valence-electron chi connectivity index (χ0n) is 9.20. The van der Waals surface area contributed by atoms with Crippen LogP contribution in [0.1, 0.15) is 32.6 Å². The molecule has 84 valence electrons. The fraction of sp³-hybridized carbons (Fsp3) is 0.500. The Morgan fingerprint density at radius 2 is 2.13 bits per heavy atom. The van der Waals surface area contributed by atoms with Gasteiger partial charge in [-0.25, -0.2) is 0 Å². The molecule has 1 aromatic rings. The van der Waals surface area contributed by atoms with Gasteiger partial charge in [0.25, 0.3) is 0 Å². The topological polar surface area (TPSA) is 35.4 Å². The minimum Gasteiger partial charge on any atom is -0.591 e. The van der Waals surface area contributed by atoms with E-state index in [2.05, 4.69) is 20.3 Å². The van der Waals surface area contributed by atoms with E-state index in [4.69, 9.17) is 0 Å². The summed E-state index contributed by atoms with van der Waals surface area (Å²) in [4.78, 5) is 1.05. The number of halogens is 1. The van der Waals surface area contributed by atoms with Crippen molar-refractivity contribution in [3.05, 3.63) is 20.8 Å². The molecule has 1 heterocycles. The maximum Gasteiger partial charge on any atom is 0.144 e. The van der Waals surface area contributed by atoms with E-state index in [1.54, 1.807) is 11.3 Å². The summed E-state index contributed by atoms with van der Waals surface area (Å²) < 4.78 is 16.7. The molecule has 5 heteroatoms. The highest BCUT2D eigenvalue weighted by molar-refractivity contribution is 9.10. The van der Waals surface area contributed by atoms with Gasteiger partial charge in [-0.2, -0.15) is 0 Å². The van der Waals surface area contributed by atoms with Gasteiger partial charge in [0.05, 0.1) is 4.88 Å². The second kappa shape index (κ2) is 4.99. The van der Waals surface area contributed by atoms with Crippen LogP contribution in [-0.4, -0.2) is 15.0 Å². The van der Waals surface area contributed by atoms with Crippen LogP contribution < -0.4 is 0 Å². The number of thiophene rings is 1. The van der Waals surface area contributed by atoms with E-state index in [1.165, 1.54) is 0 Å². The van der Waals surface area contributed by atoms with E-state index in [1.807, 2.05) is 39.1 Å². The average Bonchev–Trinajstić information content (AvgIpc) is 2.49. The highest BCUT2D eigenvalue weighted by atomic mass is 79.9. The number of hydrogen-bond acceptors (Lipinski definition) is 3. The fourth-order valence-electron chi connectivity index (χ4n) is 0.855. The molecular weight excluding hydrogens is 294 g/mol. The van der Waals surface area contributed by atoms with Crippen LogP contribution in [0.3, 0.4) is 0 Å². The van der Waals surface area contributed by atoms with Gasteiger partial charge in [-0.15, -0.1) is 11.3 Å². The van der Waals surface area contributed by atoms with Crippen molar-refractivity contribution < 1.29 is 4.55 Å². The van der Waals surface area contributed by atoms with Crippen molar-refractivity contribution in [3.8, 4) is 0 Å². The Balaban J connectivity index is 2.90. The number of hydrogen-bond donors (Lipinski definition) is 0. The molecule has 0 spiro atoms. The average molecular weight is 308 g/mol. The maximum absolute atomic E-state index is 11.8. The van der Waals surface area contributed by atoms with Gasteiger partial charge in [-0.05, 0) is 55.1 Å². The van der Waals surface area contributed by atoms with Crippen molar-refractivity contribution in [2.75, 3.05) is 0 Å². The molecule has 0 aromatic carbocycles. The summed E-state index contributed by atoms with van der Waals surface area (Å²) in [7, 11) is 0. The van der Waals surface area contributed by atoms with Crippen molar-refractivity contribution in [1.29, 1.82) is 0 Å². The molecule has 0 N–H and O–H groups in total. The lowest BCUT2D eigenvalue weighted by molar-refractivity contribution is 0.561. The normalized spacial score (nSPS) is 15.5. The van der Waals surface area contributed by atoms with E-state index in [0.29, 0.717) is 0 Å². The first kappa shape index (κ1) is 13.2. The van der Waals surface area contributed by atoms with Gasteiger partial charge in [0.2, 0.25) is 0 Å². The van der Waals surface area contributed by atoms with Crippen LogP contribution in [0.4, 0.5) is 0 Å². The Morgan fingerprint density at radius 1 is 1.53 bits per heavy atom. The molecule has 0 aliphatic heterocycles. The molecule has 1 rings (SSSR count). The van der Waals surface area contributed by atoms with E-state index in [0.717, 1.165) is 15.1 Å². The Bertz CT molecular complexity index is 368. The molecule has 15 heavy (non-hydrogen) atoms. The lowest BCUT2D eigenvalue weighted by Crippen LogP contribution is -2.26. The SMILES string of the molecule is C/C(=N/[S+]([O-])C(C)(C)C)c1sccc1Br. The van der Waals surface area contributed by atoms with Crippen molar-refractivity contribution >= 4 is 44.3 Å². The van der Waals surface area contributed by atoms with Crippen LogP contribution in [0.5, 0.6) is 0 Å². The predicted octanol–water partition coefficient (Wildman–Crippen LogP) is 3.78. The Morgan fingerprint density at radius 3 is 2.53 bits per heavy atom. The standard InChI is InChI=1S/C10H14BrNOS2/c1-7(9-8(11)5-6-14-9)12-15(13)10(2,3)4/h5-6H,1-4H3/b12-7-. The van der Waals surface area contributed by atoms with Crippen LogP contribution in [0.15, 0.2) is 20.3 Å². The van der Waals surface area contributed by atoms with Crippen LogP contribution in [0.2, 0.25) is 0 Å². The van der Waals surface area contributed by atoms with Gasteiger partial charge in [0.1, 0.15) is 21.8 Å². The first-order chi connectivity index (χ1) is 6.82. The van der Waals surface area contributed by atoms with Gasteiger partial charge in [-0.3, -0.25) is 0 Å². The third kappa shape index (κ3) is 3.59. The minimum atomic E-state index is -1.19. The summed E-state index contributed by atoms with van der Waals surface area (Å²) in [6.45, 7) is 7.65. The monoisotopic (exact) mass is 307 g/mol. The van der Waals surface area contributed by atoms with Crippen molar-refractivity contribution in [1.82, 2.24) is 0 Å². The smallest absolute Gasteiger partial charge is 0.144 e. The number of rotatable bonds is 2. The molecule has 1 unspecified atom stereocenters. The molecule has 2 nitrogen and oxygen atoms in total. The Hall–Kier alpha value is 0.160. The van der Waals surface area contributed by atoms with Gasteiger partial charge in [0.15, 0.2) is 0 Å². The molecular formula is C10H14BrNOS2. The Kier molecular flexibility index (Phi) is 4.40. The summed E-state index contributed by atoms with van der Waals surface area (Å²) in [5.41, 5.74) is 0.824. The molecule has 1 atom stereocenters. The highest BCUT2D eigenvalue weighted by Crippen LogP contribution is 2.25. The van der Waals surface area contributed by atoms with Crippen LogP contribution in [0.25, 0.3) is 0 Å².